The molecule has 3 rings (SSSR count). The van der Waals surface area contributed by atoms with E-state index in [2.05, 4.69) is 4.98 Å². The van der Waals surface area contributed by atoms with Crippen LogP contribution in [0.25, 0.3) is 10.9 Å². The number of thioether (sulfide) groups is 1. The molecule has 124 valence electrons. The van der Waals surface area contributed by atoms with Gasteiger partial charge in [0.2, 0.25) is 0 Å². The number of nitrogens with zero attached hydrogens (tertiary/aromatic N) is 2. The van der Waals surface area contributed by atoms with Crippen LogP contribution in [0.15, 0.2) is 58.5 Å². The largest absolute Gasteiger partial charge is 0.396 e. The monoisotopic (exact) mass is 344 g/mol. The number of hydrogen-bond donors (Lipinski definition) is 1. The highest BCUT2D eigenvalue weighted by Gasteiger charge is 2.12. The molecule has 0 amide bonds. The molecule has 1 N–H and O–H groups in total. The molecule has 3 aromatic rings. The van der Waals surface area contributed by atoms with Crippen molar-refractivity contribution in [2.75, 3.05) is 6.61 Å². The highest BCUT2D eigenvalue weighted by Crippen LogP contribution is 2.23. The van der Waals surface area contributed by atoms with Crippen molar-refractivity contribution in [1.82, 2.24) is 9.55 Å². The van der Waals surface area contributed by atoms with Gasteiger partial charge in [-0.1, -0.05) is 42.1 Å². The molecule has 0 aliphatic rings. The Morgan fingerprint density at radius 3 is 2.67 bits per heavy atom. The van der Waals surface area contributed by atoms with Crippen LogP contribution in [0.2, 0.25) is 0 Å². The minimum absolute atomic E-state index is 0.00329. The highest BCUT2D eigenvalue weighted by atomic mass is 32.2. The van der Waals surface area contributed by atoms with Gasteiger partial charge < -0.3 is 5.11 Å². The lowest BCUT2D eigenvalue weighted by atomic mass is 10.2. The predicted molar refractivity (Wildman–Crippen MR) is 93.7 cm³/mol. The van der Waals surface area contributed by atoms with Crippen LogP contribution < -0.4 is 5.56 Å². The van der Waals surface area contributed by atoms with E-state index in [1.54, 1.807) is 41.0 Å². The minimum Gasteiger partial charge on any atom is -0.396 e. The second-order valence-corrected chi connectivity index (χ2v) is 6.27. The van der Waals surface area contributed by atoms with E-state index < -0.39 is 0 Å². The Labute approximate surface area is 143 Å². The zero-order valence-electron chi connectivity index (χ0n) is 13.0. The maximum atomic E-state index is 13.8. The zero-order valence-corrected chi connectivity index (χ0v) is 13.8. The smallest absolute Gasteiger partial charge is 0.262 e. The molecule has 1 aromatic heterocycles. The Hall–Kier alpha value is -2.18. The molecule has 6 heteroatoms. The minimum atomic E-state index is -0.268. The topological polar surface area (TPSA) is 55.1 Å². The van der Waals surface area contributed by atoms with E-state index in [-0.39, 0.29) is 18.0 Å². The van der Waals surface area contributed by atoms with Gasteiger partial charge in [0.25, 0.3) is 5.56 Å². The molecule has 0 spiro atoms. The fourth-order valence-electron chi connectivity index (χ4n) is 2.44. The summed E-state index contributed by atoms with van der Waals surface area (Å²) in [5.41, 5.74) is 1.06. The van der Waals surface area contributed by atoms with Gasteiger partial charge in [0.05, 0.1) is 10.9 Å². The summed E-state index contributed by atoms with van der Waals surface area (Å²) in [4.78, 5) is 17.2. The molecule has 0 aliphatic heterocycles. The van der Waals surface area contributed by atoms with Crippen LogP contribution in [0.4, 0.5) is 4.39 Å². The average molecular weight is 344 g/mol. The molecule has 0 bridgehead atoms. The Morgan fingerprint density at radius 1 is 1.12 bits per heavy atom. The Morgan fingerprint density at radius 2 is 1.88 bits per heavy atom. The molecule has 2 aromatic carbocycles. The van der Waals surface area contributed by atoms with E-state index in [0.29, 0.717) is 40.3 Å². The molecular formula is C18H17FN2O2S. The van der Waals surface area contributed by atoms with Crippen LogP contribution in [-0.4, -0.2) is 21.3 Å². The molecule has 0 unspecified atom stereocenters. The Balaban J connectivity index is 1.98. The lowest BCUT2D eigenvalue weighted by Gasteiger charge is -2.12. The summed E-state index contributed by atoms with van der Waals surface area (Å²) >= 11 is 1.32. The molecule has 0 saturated carbocycles. The summed E-state index contributed by atoms with van der Waals surface area (Å²) in [5, 5.41) is 10.2. The van der Waals surface area contributed by atoms with Crippen molar-refractivity contribution < 1.29 is 9.50 Å². The number of halogens is 1. The van der Waals surface area contributed by atoms with E-state index in [1.807, 2.05) is 6.07 Å². The molecular weight excluding hydrogens is 327 g/mol. The van der Waals surface area contributed by atoms with Gasteiger partial charge in [-0.25, -0.2) is 9.37 Å². The van der Waals surface area contributed by atoms with Gasteiger partial charge >= 0.3 is 0 Å². The number of aliphatic hydroxyl groups excluding tert-OH is 1. The first-order valence-corrected chi connectivity index (χ1v) is 8.66. The van der Waals surface area contributed by atoms with Crippen LogP contribution in [0.5, 0.6) is 0 Å². The van der Waals surface area contributed by atoms with Gasteiger partial charge in [0, 0.05) is 18.9 Å². The summed E-state index contributed by atoms with van der Waals surface area (Å²) in [6.07, 6.45) is 0.465. The maximum Gasteiger partial charge on any atom is 0.262 e. The third-order valence-electron chi connectivity index (χ3n) is 3.68. The van der Waals surface area contributed by atoms with Gasteiger partial charge in [0.1, 0.15) is 5.82 Å². The number of para-hydroxylation sites is 1. The van der Waals surface area contributed by atoms with Gasteiger partial charge in [0.15, 0.2) is 5.16 Å². The van der Waals surface area contributed by atoms with Gasteiger partial charge in [-0.15, -0.1) is 0 Å². The molecule has 0 fully saturated rings. The first-order valence-electron chi connectivity index (χ1n) is 7.67. The fraction of sp³-hybridized carbons (Fsp3) is 0.222. The number of aromatic nitrogens is 2. The van der Waals surface area contributed by atoms with Crippen LogP contribution >= 0.6 is 11.8 Å². The summed E-state index contributed by atoms with van der Waals surface area (Å²) in [5.74, 6) is 0.117. The second-order valence-electron chi connectivity index (χ2n) is 5.33. The van der Waals surface area contributed by atoms with Crippen molar-refractivity contribution in [1.29, 1.82) is 0 Å². The van der Waals surface area contributed by atoms with Crippen molar-refractivity contribution in [3.8, 4) is 0 Å². The number of rotatable bonds is 6. The van der Waals surface area contributed by atoms with Crippen molar-refractivity contribution in [3.05, 3.63) is 70.3 Å². The summed E-state index contributed by atoms with van der Waals surface area (Å²) in [7, 11) is 0. The van der Waals surface area contributed by atoms with E-state index in [1.165, 1.54) is 17.8 Å². The molecule has 0 aliphatic carbocycles. The standard InChI is InChI=1S/C18H17FN2O2S/c19-15-8-3-1-6-13(15)12-24-18-20-16-9-4-2-7-14(16)17(23)21(18)10-5-11-22/h1-4,6-9,22H,5,10-12H2. The molecule has 0 radical (unpaired) electrons. The summed E-state index contributed by atoms with van der Waals surface area (Å²) < 4.78 is 15.4. The van der Waals surface area contributed by atoms with Gasteiger partial charge in [-0.3, -0.25) is 9.36 Å². The quantitative estimate of drug-likeness (QED) is 0.551. The van der Waals surface area contributed by atoms with Gasteiger partial charge in [-0.2, -0.15) is 0 Å². The van der Waals surface area contributed by atoms with E-state index in [0.717, 1.165) is 0 Å². The molecule has 0 atom stereocenters. The molecule has 0 saturated heterocycles. The maximum absolute atomic E-state index is 13.8. The predicted octanol–water partition coefficient (Wildman–Crippen LogP) is 3.21. The van der Waals surface area contributed by atoms with Gasteiger partial charge in [-0.05, 0) is 30.2 Å². The summed E-state index contributed by atoms with van der Waals surface area (Å²) in [6.45, 7) is 0.378. The Bertz CT molecular complexity index is 911. The number of aliphatic hydroxyl groups is 1. The number of benzene rings is 2. The van der Waals surface area contributed by atoms with Crippen molar-refractivity contribution >= 4 is 22.7 Å². The van der Waals surface area contributed by atoms with Crippen LogP contribution in [0.1, 0.15) is 12.0 Å². The molecule has 4 nitrogen and oxygen atoms in total. The Kier molecular flexibility index (Phi) is 5.27. The van der Waals surface area contributed by atoms with E-state index in [4.69, 9.17) is 5.11 Å². The first-order chi connectivity index (χ1) is 11.7. The van der Waals surface area contributed by atoms with Crippen LogP contribution in [0, 0.1) is 5.82 Å². The lowest BCUT2D eigenvalue weighted by Crippen LogP contribution is -2.24. The van der Waals surface area contributed by atoms with Crippen LogP contribution in [-0.2, 0) is 12.3 Å². The highest BCUT2D eigenvalue weighted by molar-refractivity contribution is 7.98. The second kappa shape index (κ2) is 7.59. The molecule has 24 heavy (non-hydrogen) atoms. The zero-order chi connectivity index (χ0) is 16.9. The average Bonchev–Trinajstić information content (AvgIpc) is 2.60. The number of hydrogen-bond acceptors (Lipinski definition) is 4. The van der Waals surface area contributed by atoms with E-state index in [9.17, 15) is 9.18 Å². The normalized spacial score (nSPS) is 11.1. The van der Waals surface area contributed by atoms with Crippen molar-refractivity contribution in [3.63, 3.8) is 0 Å². The molecule has 1 heterocycles. The number of fused-ring (bicyclic) bond motifs is 1. The third-order valence-corrected chi connectivity index (χ3v) is 4.71. The summed E-state index contributed by atoms with van der Waals surface area (Å²) in [6, 6.07) is 13.7. The van der Waals surface area contributed by atoms with E-state index >= 15 is 0 Å². The van der Waals surface area contributed by atoms with Crippen LogP contribution in [0.3, 0.4) is 0 Å². The third kappa shape index (κ3) is 3.49. The lowest BCUT2D eigenvalue weighted by molar-refractivity contribution is 0.276. The fourth-order valence-corrected chi connectivity index (χ4v) is 3.45. The first kappa shape index (κ1) is 16.7. The SMILES string of the molecule is O=c1c2ccccc2nc(SCc2ccccc2F)n1CCCO. The van der Waals surface area contributed by atoms with Crippen molar-refractivity contribution in [2.24, 2.45) is 0 Å². The van der Waals surface area contributed by atoms with Crippen molar-refractivity contribution in [2.45, 2.75) is 23.9 Å².